The Morgan fingerprint density at radius 2 is 1.94 bits per heavy atom. The van der Waals surface area contributed by atoms with Gasteiger partial charge in [0.25, 0.3) is 0 Å². The Bertz CT molecular complexity index is 332. The summed E-state index contributed by atoms with van der Waals surface area (Å²) in [5.74, 6) is -0.0800. The quantitative estimate of drug-likeness (QED) is 0.596. The fourth-order valence-electron chi connectivity index (χ4n) is 0.944. The van der Waals surface area contributed by atoms with Gasteiger partial charge in [-0.1, -0.05) is 6.07 Å². The molecule has 0 spiro atoms. The summed E-state index contributed by atoms with van der Waals surface area (Å²) >= 11 is 4.25. The molecule has 0 saturated heterocycles. The molecule has 0 N–H and O–H groups in total. The molecule has 0 amide bonds. The van der Waals surface area contributed by atoms with E-state index in [2.05, 4.69) is 24.4 Å². The van der Waals surface area contributed by atoms with Gasteiger partial charge in [-0.05, 0) is 13.8 Å². The summed E-state index contributed by atoms with van der Waals surface area (Å²) in [5.41, 5.74) is 0. The molecular weight excluding hydrogens is 354 g/mol. The van der Waals surface area contributed by atoms with Gasteiger partial charge in [-0.3, -0.25) is 0 Å². The minimum absolute atomic E-state index is 0.123. The normalized spacial score (nSPS) is 10.6. The fraction of sp³-hybridized carbons (Fsp3) is 0.400. The van der Waals surface area contributed by atoms with Crippen molar-refractivity contribution in [3.05, 3.63) is 24.3 Å². The van der Waals surface area contributed by atoms with E-state index < -0.39 is 6.36 Å². The number of alkyl halides is 3. The van der Waals surface area contributed by atoms with Crippen LogP contribution in [-0.4, -0.2) is 12.5 Å². The molecule has 0 unspecified atom stereocenters. The van der Waals surface area contributed by atoms with Crippen LogP contribution >= 0.6 is 13.6 Å². The van der Waals surface area contributed by atoms with E-state index in [1.165, 1.54) is 28.5 Å². The number of halogens is 4. The van der Waals surface area contributed by atoms with Gasteiger partial charge in [-0.2, -0.15) is 6.07 Å². The standard InChI is InChI=1S/C10H10F3O2.BrH.Zn/c1-7(2)14-8-4-3-5-9(6-8)15-10(11,12)13;;/h3,5-7H,1-2H3;1H;/q-1;;+2/p-1. The number of benzene rings is 1. The zero-order valence-electron chi connectivity index (χ0n) is 9.34. The number of ether oxygens (including phenoxy) is 2. The maximum absolute atomic E-state index is 11.9. The van der Waals surface area contributed by atoms with Crippen LogP contribution in [0.3, 0.4) is 0 Å². The van der Waals surface area contributed by atoms with Gasteiger partial charge in [-0.25, -0.2) is 0 Å². The van der Waals surface area contributed by atoms with Gasteiger partial charge in [0.05, 0.1) is 6.10 Å². The summed E-state index contributed by atoms with van der Waals surface area (Å²) in [6, 6.07) is 6.29. The molecule has 2 nitrogen and oxygen atoms in total. The first-order chi connectivity index (χ1) is 7.87. The van der Waals surface area contributed by atoms with Crippen LogP contribution < -0.4 is 9.47 Å². The van der Waals surface area contributed by atoms with E-state index in [1.54, 1.807) is 13.8 Å². The molecule has 0 aliphatic heterocycles. The van der Waals surface area contributed by atoms with E-state index in [0.29, 0.717) is 0 Å². The molecule has 1 aromatic rings. The summed E-state index contributed by atoms with van der Waals surface area (Å²) < 4.78 is 44.5. The summed E-state index contributed by atoms with van der Waals surface area (Å²) in [6.07, 6.45) is -4.81. The van der Waals surface area contributed by atoms with Crippen molar-refractivity contribution >= 4 is 13.6 Å². The van der Waals surface area contributed by atoms with Crippen molar-refractivity contribution in [1.82, 2.24) is 0 Å². The van der Waals surface area contributed by atoms with Crippen molar-refractivity contribution in [2.75, 3.05) is 0 Å². The molecule has 7 heteroatoms. The van der Waals surface area contributed by atoms with Crippen LogP contribution in [0.1, 0.15) is 13.8 Å². The Morgan fingerprint density at radius 3 is 2.41 bits per heavy atom. The van der Waals surface area contributed by atoms with Gasteiger partial charge in [0.15, 0.2) is 0 Å². The molecule has 0 aliphatic rings. The zero-order chi connectivity index (χ0) is 13.5. The first-order valence-corrected chi connectivity index (χ1v) is 11.5. The van der Waals surface area contributed by atoms with E-state index in [1.807, 2.05) is 0 Å². The molecule has 1 aromatic carbocycles. The van der Waals surface area contributed by atoms with Crippen molar-refractivity contribution < 1.29 is 39.0 Å². The third-order valence-corrected chi connectivity index (χ3v) is 1.34. The first-order valence-electron chi connectivity index (χ1n) is 4.58. The second kappa shape index (κ2) is 7.93. The summed E-state index contributed by atoms with van der Waals surface area (Å²) in [6.45, 7) is 3.54. The van der Waals surface area contributed by atoms with Gasteiger partial charge in [-0.15, -0.1) is 25.3 Å². The average molecular weight is 364 g/mol. The van der Waals surface area contributed by atoms with E-state index in [9.17, 15) is 13.2 Å². The molecule has 0 radical (unpaired) electrons. The fourth-order valence-corrected chi connectivity index (χ4v) is 0.944. The van der Waals surface area contributed by atoms with E-state index >= 15 is 0 Å². The number of hydrogen-bond donors (Lipinski definition) is 0. The van der Waals surface area contributed by atoms with E-state index in [4.69, 9.17) is 4.74 Å². The summed E-state index contributed by atoms with van der Waals surface area (Å²) in [7, 11) is 0. The maximum atomic E-state index is 11.9. The van der Waals surface area contributed by atoms with Crippen molar-refractivity contribution in [1.29, 1.82) is 0 Å². The minimum atomic E-state index is -4.68. The summed E-state index contributed by atoms with van der Waals surface area (Å²) in [5, 5.41) is 0. The molecule has 1 rings (SSSR count). The third-order valence-electron chi connectivity index (χ3n) is 1.34. The van der Waals surface area contributed by atoms with Gasteiger partial charge in [0.2, 0.25) is 0 Å². The topological polar surface area (TPSA) is 18.5 Å². The Hall–Kier alpha value is -0.287. The van der Waals surface area contributed by atoms with Gasteiger partial charge in [0.1, 0.15) is 0 Å². The third kappa shape index (κ3) is 8.44. The molecular formula is C10H10BrF3O2Zn. The molecule has 0 atom stereocenters. The Kier molecular flexibility index (Phi) is 7.79. The number of rotatable bonds is 3. The molecule has 92 valence electrons. The molecule has 0 aromatic heterocycles. The Morgan fingerprint density at radius 1 is 1.35 bits per heavy atom. The molecule has 0 fully saturated rings. The zero-order valence-corrected chi connectivity index (χ0v) is 13.9. The van der Waals surface area contributed by atoms with Crippen LogP contribution in [0.15, 0.2) is 18.2 Å². The van der Waals surface area contributed by atoms with Crippen molar-refractivity contribution in [2.24, 2.45) is 0 Å². The van der Waals surface area contributed by atoms with E-state index in [0.717, 1.165) is 6.07 Å². The molecule has 0 heterocycles. The van der Waals surface area contributed by atoms with Crippen LogP contribution in [0.25, 0.3) is 0 Å². The van der Waals surface area contributed by atoms with Crippen LogP contribution in [0, 0.1) is 6.07 Å². The first kappa shape index (κ1) is 16.7. The predicted molar refractivity (Wildman–Crippen MR) is 56.7 cm³/mol. The molecule has 0 aliphatic carbocycles. The SMILES string of the molecule is CC(C)Oc1[c-]ccc(OC(F)(F)F)c1.[Zn+][Br]. The molecule has 0 bridgehead atoms. The molecule has 0 saturated carbocycles. The predicted octanol–water partition coefficient (Wildman–Crippen LogP) is 4.02. The summed E-state index contributed by atoms with van der Waals surface area (Å²) in [4.78, 5) is 0. The van der Waals surface area contributed by atoms with Crippen LogP contribution in [0.5, 0.6) is 11.5 Å². The van der Waals surface area contributed by atoms with Gasteiger partial charge in [0, 0.05) is 11.5 Å². The Balaban J connectivity index is 0.00000121. The van der Waals surface area contributed by atoms with Crippen molar-refractivity contribution in [3.63, 3.8) is 0 Å². The van der Waals surface area contributed by atoms with Gasteiger partial charge >= 0.3 is 36.3 Å². The molecule has 17 heavy (non-hydrogen) atoms. The number of hydrogen-bond acceptors (Lipinski definition) is 2. The van der Waals surface area contributed by atoms with Crippen LogP contribution in [0.2, 0.25) is 0 Å². The average Bonchev–Trinajstić information content (AvgIpc) is 2.17. The van der Waals surface area contributed by atoms with E-state index in [-0.39, 0.29) is 17.6 Å². The Labute approximate surface area is 115 Å². The van der Waals surface area contributed by atoms with Crippen molar-refractivity contribution in [3.8, 4) is 11.5 Å². The second-order valence-electron chi connectivity index (χ2n) is 3.10. The second-order valence-corrected chi connectivity index (χ2v) is 3.10. The van der Waals surface area contributed by atoms with Gasteiger partial charge < -0.3 is 9.47 Å². The monoisotopic (exact) mass is 362 g/mol. The van der Waals surface area contributed by atoms with Crippen LogP contribution in [-0.2, 0) is 16.3 Å². The van der Waals surface area contributed by atoms with Crippen LogP contribution in [0.4, 0.5) is 13.2 Å². The van der Waals surface area contributed by atoms with Crippen molar-refractivity contribution in [2.45, 2.75) is 26.3 Å².